The van der Waals surface area contributed by atoms with Gasteiger partial charge in [0.2, 0.25) is 0 Å². The average Bonchev–Trinajstić information content (AvgIpc) is 2.58. The molecular formula is C13H14FNO. The van der Waals surface area contributed by atoms with Crippen molar-refractivity contribution in [3.63, 3.8) is 0 Å². The van der Waals surface area contributed by atoms with Crippen molar-refractivity contribution < 1.29 is 8.81 Å². The van der Waals surface area contributed by atoms with Gasteiger partial charge < -0.3 is 10.2 Å². The Hall–Kier alpha value is -1.61. The molecular weight excluding hydrogens is 205 g/mol. The molecule has 1 atom stereocenters. The van der Waals surface area contributed by atoms with E-state index in [0.717, 1.165) is 22.6 Å². The van der Waals surface area contributed by atoms with Crippen LogP contribution in [-0.2, 0) is 0 Å². The Kier molecular flexibility index (Phi) is 2.79. The van der Waals surface area contributed by atoms with E-state index in [1.165, 1.54) is 12.1 Å². The van der Waals surface area contributed by atoms with E-state index >= 15 is 0 Å². The molecule has 84 valence electrons. The van der Waals surface area contributed by atoms with Gasteiger partial charge in [-0.25, -0.2) is 4.39 Å². The fourth-order valence-electron chi connectivity index (χ4n) is 1.81. The second-order valence-corrected chi connectivity index (χ2v) is 3.90. The zero-order valence-electron chi connectivity index (χ0n) is 9.33. The minimum atomic E-state index is -0.266. The minimum absolute atomic E-state index is 0.254. The second-order valence-electron chi connectivity index (χ2n) is 3.90. The highest BCUT2D eigenvalue weighted by Gasteiger charge is 2.14. The summed E-state index contributed by atoms with van der Waals surface area (Å²) in [6, 6.07) is 7.88. The van der Waals surface area contributed by atoms with Crippen LogP contribution >= 0.6 is 0 Å². The topological polar surface area (TPSA) is 39.2 Å². The van der Waals surface area contributed by atoms with E-state index in [1.54, 1.807) is 12.1 Å². The molecule has 16 heavy (non-hydrogen) atoms. The first kappa shape index (κ1) is 10.9. The Labute approximate surface area is 93.9 Å². The third-order valence-corrected chi connectivity index (χ3v) is 2.64. The maximum Gasteiger partial charge on any atom is 0.123 e. The van der Waals surface area contributed by atoms with Gasteiger partial charge in [-0.1, -0.05) is 12.1 Å². The molecule has 0 saturated carbocycles. The molecule has 0 saturated heterocycles. The fourth-order valence-corrected chi connectivity index (χ4v) is 1.81. The zero-order chi connectivity index (χ0) is 11.7. The molecule has 0 amide bonds. The molecule has 1 heterocycles. The molecule has 3 heteroatoms. The monoisotopic (exact) mass is 219 g/mol. The predicted octanol–water partition coefficient (Wildman–Crippen LogP) is 3.08. The maximum atomic E-state index is 12.8. The molecule has 0 aliphatic heterocycles. The molecule has 1 aromatic heterocycles. The molecule has 2 nitrogen and oxygen atoms in total. The third kappa shape index (κ3) is 1.99. The largest absolute Gasteiger partial charge is 0.466 e. The summed E-state index contributed by atoms with van der Waals surface area (Å²) in [4.78, 5) is 0. The van der Waals surface area contributed by atoms with Gasteiger partial charge >= 0.3 is 0 Å². The number of hydrogen-bond donors (Lipinski definition) is 1. The van der Waals surface area contributed by atoms with Crippen molar-refractivity contribution in [1.29, 1.82) is 0 Å². The van der Waals surface area contributed by atoms with Crippen LogP contribution in [0, 0.1) is 19.7 Å². The Bertz CT molecular complexity index is 487. The lowest BCUT2D eigenvalue weighted by molar-refractivity contribution is 0.499. The molecule has 2 rings (SSSR count). The Morgan fingerprint density at radius 2 is 1.81 bits per heavy atom. The summed E-state index contributed by atoms with van der Waals surface area (Å²) in [5.74, 6) is 1.40. The molecule has 2 N–H and O–H groups in total. The van der Waals surface area contributed by atoms with E-state index in [9.17, 15) is 4.39 Å². The van der Waals surface area contributed by atoms with Crippen molar-refractivity contribution in [3.05, 3.63) is 58.8 Å². The van der Waals surface area contributed by atoms with Crippen LogP contribution in [0.1, 0.15) is 28.7 Å². The fraction of sp³-hybridized carbons (Fsp3) is 0.231. The van der Waals surface area contributed by atoms with Gasteiger partial charge in [-0.2, -0.15) is 0 Å². The molecule has 0 aliphatic rings. The van der Waals surface area contributed by atoms with Gasteiger partial charge in [0.1, 0.15) is 17.3 Å². The van der Waals surface area contributed by atoms with E-state index in [-0.39, 0.29) is 11.9 Å². The lowest BCUT2D eigenvalue weighted by Crippen LogP contribution is -2.11. The Balaban J connectivity index is 2.35. The zero-order valence-corrected chi connectivity index (χ0v) is 9.33. The smallest absolute Gasteiger partial charge is 0.123 e. The minimum Gasteiger partial charge on any atom is -0.466 e. The summed E-state index contributed by atoms with van der Waals surface area (Å²) >= 11 is 0. The van der Waals surface area contributed by atoms with Gasteiger partial charge in [-0.15, -0.1) is 0 Å². The van der Waals surface area contributed by atoms with Crippen LogP contribution in [-0.4, -0.2) is 0 Å². The number of furan rings is 1. The second kappa shape index (κ2) is 4.10. The molecule has 1 unspecified atom stereocenters. The van der Waals surface area contributed by atoms with Crippen molar-refractivity contribution in [2.45, 2.75) is 19.9 Å². The van der Waals surface area contributed by atoms with Crippen molar-refractivity contribution in [2.24, 2.45) is 5.73 Å². The van der Waals surface area contributed by atoms with E-state index in [0.29, 0.717) is 0 Å². The van der Waals surface area contributed by atoms with E-state index in [1.807, 2.05) is 19.9 Å². The SMILES string of the molecule is Cc1cc(C(N)c2ccc(F)cc2)c(C)o1. The highest BCUT2D eigenvalue weighted by atomic mass is 19.1. The summed E-state index contributed by atoms with van der Waals surface area (Å²) in [6.07, 6.45) is 0. The van der Waals surface area contributed by atoms with E-state index in [4.69, 9.17) is 10.2 Å². The molecule has 0 bridgehead atoms. The number of nitrogens with two attached hydrogens (primary N) is 1. The number of benzene rings is 1. The highest BCUT2D eigenvalue weighted by Crippen LogP contribution is 2.25. The Morgan fingerprint density at radius 1 is 1.19 bits per heavy atom. The lowest BCUT2D eigenvalue weighted by atomic mass is 10.00. The third-order valence-electron chi connectivity index (χ3n) is 2.64. The number of hydrogen-bond acceptors (Lipinski definition) is 2. The van der Waals surface area contributed by atoms with Crippen LogP contribution in [0.3, 0.4) is 0 Å². The van der Waals surface area contributed by atoms with Crippen LogP contribution < -0.4 is 5.73 Å². The van der Waals surface area contributed by atoms with Crippen molar-refractivity contribution in [2.75, 3.05) is 0 Å². The summed E-state index contributed by atoms with van der Waals surface area (Å²) in [5, 5.41) is 0. The van der Waals surface area contributed by atoms with E-state index < -0.39 is 0 Å². The van der Waals surface area contributed by atoms with Gasteiger partial charge in [0.25, 0.3) is 0 Å². The van der Waals surface area contributed by atoms with Gasteiger partial charge in [0.15, 0.2) is 0 Å². The molecule has 0 radical (unpaired) electrons. The molecule has 0 spiro atoms. The highest BCUT2D eigenvalue weighted by molar-refractivity contribution is 5.33. The predicted molar refractivity (Wildman–Crippen MR) is 60.6 cm³/mol. The molecule has 0 fully saturated rings. The first-order chi connectivity index (χ1) is 7.58. The summed E-state index contributed by atoms with van der Waals surface area (Å²) in [5.41, 5.74) is 7.93. The maximum absolute atomic E-state index is 12.8. The van der Waals surface area contributed by atoms with Gasteiger partial charge in [-0.3, -0.25) is 0 Å². The number of aryl methyl sites for hydroxylation is 2. The van der Waals surface area contributed by atoms with Crippen LogP contribution in [0.2, 0.25) is 0 Å². The average molecular weight is 219 g/mol. The van der Waals surface area contributed by atoms with Crippen LogP contribution in [0.15, 0.2) is 34.7 Å². The molecule has 0 aliphatic carbocycles. The van der Waals surface area contributed by atoms with Gasteiger partial charge in [-0.05, 0) is 37.6 Å². The molecule has 1 aromatic carbocycles. The standard InChI is InChI=1S/C13H14FNO/c1-8-7-12(9(2)16-8)13(15)10-3-5-11(14)6-4-10/h3-7,13H,15H2,1-2H3. The summed E-state index contributed by atoms with van der Waals surface area (Å²) in [6.45, 7) is 3.76. The summed E-state index contributed by atoms with van der Waals surface area (Å²) in [7, 11) is 0. The van der Waals surface area contributed by atoms with E-state index in [2.05, 4.69) is 0 Å². The Morgan fingerprint density at radius 3 is 2.31 bits per heavy atom. The van der Waals surface area contributed by atoms with Crippen molar-refractivity contribution in [3.8, 4) is 0 Å². The summed E-state index contributed by atoms with van der Waals surface area (Å²) < 4.78 is 18.2. The van der Waals surface area contributed by atoms with Crippen molar-refractivity contribution >= 4 is 0 Å². The van der Waals surface area contributed by atoms with Crippen LogP contribution in [0.5, 0.6) is 0 Å². The number of rotatable bonds is 2. The van der Waals surface area contributed by atoms with Crippen LogP contribution in [0.25, 0.3) is 0 Å². The quantitative estimate of drug-likeness (QED) is 0.843. The van der Waals surface area contributed by atoms with Crippen LogP contribution in [0.4, 0.5) is 4.39 Å². The molecule has 2 aromatic rings. The first-order valence-corrected chi connectivity index (χ1v) is 5.16. The normalized spacial score (nSPS) is 12.8. The lowest BCUT2D eigenvalue weighted by Gasteiger charge is -2.10. The number of halogens is 1. The van der Waals surface area contributed by atoms with Gasteiger partial charge in [0, 0.05) is 5.56 Å². The first-order valence-electron chi connectivity index (χ1n) is 5.16. The van der Waals surface area contributed by atoms with Crippen molar-refractivity contribution in [1.82, 2.24) is 0 Å². The van der Waals surface area contributed by atoms with Gasteiger partial charge in [0.05, 0.1) is 6.04 Å².